The molecule has 1 N–H and O–H groups in total. The molecule has 0 bridgehead atoms. The van der Waals surface area contributed by atoms with E-state index in [-0.39, 0.29) is 18.4 Å². The van der Waals surface area contributed by atoms with Crippen LogP contribution in [0.4, 0.5) is 10.5 Å². The maximum Gasteiger partial charge on any atom is 0.324 e. The van der Waals surface area contributed by atoms with Crippen molar-refractivity contribution in [2.45, 2.75) is 11.4 Å². The van der Waals surface area contributed by atoms with Gasteiger partial charge in [-0.05, 0) is 62.0 Å². The molecule has 3 aromatic rings. The van der Waals surface area contributed by atoms with Gasteiger partial charge in [-0.3, -0.25) is 4.90 Å². The van der Waals surface area contributed by atoms with Gasteiger partial charge in [0.2, 0.25) is 0 Å². The summed E-state index contributed by atoms with van der Waals surface area (Å²) in [6.45, 7) is 4.46. The average molecular weight is 444 g/mol. The van der Waals surface area contributed by atoms with E-state index in [4.69, 9.17) is 5.10 Å². The van der Waals surface area contributed by atoms with Crippen LogP contribution in [0.3, 0.4) is 0 Å². The molecule has 6 nitrogen and oxygen atoms in total. The quantitative estimate of drug-likeness (QED) is 0.605. The van der Waals surface area contributed by atoms with Gasteiger partial charge < -0.3 is 10.2 Å². The van der Waals surface area contributed by atoms with Gasteiger partial charge in [0.25, 0.3) is 0 Å². The van der Waals surface area contributed by atoms with Crippen molar-refractivity contribution in [3.63, 3.8) is 0 Å². The van der Waals surface area contributed by atoms with Gasteiger partial charge in [0.15, 0.2) is 0 Å². The second-order valence-electron chi connectivity index (χ2n) is 7.70. The number of rotatable bonds is 5. The minimum absolute atomic E-state index is 0. The molecular formula is C22H26ClN5OS. The Morgan fingerprint density at radius 1 is 1.13 bits per heavy atom. The van der Waals surface area contributed by atoms with Gasteiger partial charge in [-0.15, -0.1) is 24.2 Å². The van der Waals surface area contributed by atoms with Crippen LogP contribution in [-0.2, 0) is 0 Å². The number of halogens is 1. The third-order valence-electron chi connectivity index (χ3n) is 5.87. The van der Waals surface area contributed by atoms with Crippen molar-refractivity contribution in [3.8, 4) is 5.69 Å². The van der Waals surface area contributed by atoms with Crippen molar-refractivity contribution < 1.29 is 4.79 Å². The lowest BCUT2D eigenvalue weighted by Crippen LogP contribution is -2.35. The zero-order chi connectivity index (χ0) is 19.8. The lowest BCUT2D eigenvalue weighted by atomic mass is 10.1. The Labute approximate surface area is 187 Å². The fourth-order valence-corrected chi connectivity index (χ4v) is 4.89. The van der Waals surface area contributed by atoms with E-state index in [1.54, 1.807) is 11.8 Å². The Balaban J connectivity index is 0.00000218. The summed E-state index contributed by atoms with van der Waals surface area (Å²) in [4.78, 5) is 17.0. The van der Waals surface area contributed by atoms with E-state index in [0.717, 1.165) is 66.4 Å². The fraction of sp³-hybridized carbons (Fsp3) is 0.364. The van der Waals surface area contributed by atoms with E-state index in [9.17, 15) is 4.79 Å². The molecule has 5 rings (SSSR count). The number of nitrogens with zero attached hydrogens (tertiary/aromatic N) is 4. The first-order valence-corrected chi connectivity index (χ1v) is 11.4. The third kappa shape index (κ3) is 3.77. The Morgan fingerprint density at radius 3 is 2.70 bits per heavy atom. The van der Waals surface area contributed by atoms with Crippen molar-refractivity contribution in [1.82, 2.24) is 20.0 Å². The van der Waals surface area contributed by atoms with Crippen LogP contribution in [0.25, 0.3) is 16.6 Å². The van der Waals surface area contributed by atoms with E-state index in [1.807, 2.05) is 38.9 Å². The molecule has 158 valence electrons. The number of amides is 2. The molecule has 0 radical (unpaired) electrons. The number of nitrogens with one attached hydrogen (secondary N) is 1. The zero-order valence-corrected chi connectivity index (χ0v) is 18.6. The van der Waals surface area contributed by atoms with E-state index >= 15 is 0 Å². The summed E-state index contributed by atoms with van der Waals surface area (Å²) in [6.07, 6.45) is 3.20. The van der Waals surface area contributed by atoms with Gasteiger partial charge >= 0.3 is 6.03 Å². The molecule has 2 aliphatic heterocycles. The average Bonchev–Trinajstić information content (AvgIpc) is 3.48. The van der Waals surface area contributed by atoms with Gasteiger partial charge in [-0.25, -0.2) is 9.48 Å². The first kappa shape index (κ1) is 21.0. The maximum absolute atomic E-state index is 13.1. The van der Waals surface area contributed by atoms with Gasteiger partial charge in [0, 0.05) is 30.7 Å². The van der Waals surface area contributed by atoms with Crippen LogP contribution in [-0.4, -0.2) is 59.7 Å². The van der Waals surface area contributed by atoms with Gasteiger partial charge in [0.1, 0.15) is 5.03 Å². The molecule has 2 saturated heterocycles. The molecule has 1 unspecified atom stereocenters. The van der Waals surface area contributed by atoms with Crippen molar-refractivity contribution >= 4 is 46.8 Å². The van der Waals surface area contributed by atoms with Crippen LogP contribution in [0.15, 0.2) is 53.6 Å². The van der Waals surface area contributed by atoms with Crippen molar-refractivity contribution in [1.29, 1.82) is 0 Å². The lowest BCUT2D eigenvalue weighted by Gasteiger charge is -2.21. The van der Waals surface area contributed by atoms with Crippen molar-refractivity contribution in [2.75, 3.05) is 43.9 Å². The Hall–Kier alpha value is -2.22. The summed E-state index contributed by atoms with van der Waals surface area (Å²) in [5.41, 5.74) is 3.00. The van der Waals surface area contributed by atoms with Gasteiger partial charge in [-0.1, -0.05) is 18.2 Å². The number of anilines is 1. The second-order valence-corrected chi connectivity index (χ2v) is 8.49. The number of fused-ring (bicyclic) bond motifs is 1. The summed E-state index contributed by atoms with van der Waals surface area (Å²) < 4.78 is 1.98. The normalized spacial score (nSPS) is 19.0. The summed E-state index contributed by atoms with van der Waals surface area (Å²) in [7, 11) is 0. The molecule has 0 saturated carbocycles. The summed E-state index contributed by atoms with van der Waals surface area (Å²) in [5.74, 6) is 0.574. The summed E-state index contributed by atoms with van der Waals surface area (Å²) >= 11 is 1.64. The number of thioether (sulfide) groups is 1. The van der Waals surface area contributed by atoms with Crippen LogP contribution in [0.2, 0.25) is 0 Å². The standard InChI is InChI=1S/C22H25N5OS.ClH/c1-29-21-19-8-7-18(13-20(19)27(24-21)17-5-3-2-4-6-17)26-12-11-25(22(26)28)15-16-9-10-23-14-16;/h2-8,13,16,23H,9-12,14-15H2,1H3;1H. The smallest absolute Gasteiger partial charge is 0.322 e. The Kier molecular flexibility index (Phi) is 6.22. The molecular weight excluding hydrogens is 418 g/mol. The number of aromatic nitrogens is 2. The molecule has 8 heteroatoms. The highest BCUT2D eigenvalue weighted by atomic mass is 35.5. The Morgan fingerprint density at radius 2 is 1.97 bits per heavy atom. The van der Waals surface area contributed by atoms with Gasteiger partial charge in [-0.2, -0.15) is 5.10 Å². The molecule has 2 aliphatic rings. The minimum Gasteiger partial charge on any atom is -0.322 e. The molecule has 2 fully saturated rings. The molecule has 3 heterocycles. The van der Waals surface area contributed by atoms with Crippen LogP contribution in [0, 0.1) is 5.92 Å². The minimum atomic E-state index is 0. The molecule has 0 aliphatic carbocycles. The molecule has 1 aromatic heterocycles. The summed E-state index contributed by atoms with van der Waals surface area (Å²) in [5, 5.41) is 10.3. The fourth-order valence-electron chi connectivity index (χ4n) is 4.33. The number of urea groups is 1. The largest absolute Gasteiger partial charge is 0.324 e. The predicted octanol–water partition coefficient (Wildman–Crippen LogP) is 4.02. The molecule has 2 amide bonds. The topological polar surface area (TPSA) is 53.4 Å². The van der Waals surface area contributed by atoms with Crippen LogP contribution >= 0.6 is 24.2 Å². The van der Waals surface area contributed by atoms with Crippen LogP contribution in [0.5, 0.6) is 0 Å². The monoisotopic (exact) mass is 443 g/mol. The predicted molar refractivity (Wildman–Crippen MR) is 125 cm³/mol. The van der Waals surface area contributed by atoms with Crippen LogP contribution in [0.1, 0.15) is 6.42 Å². The number of para-hydroxylation sites is 1. The van der Waals surface area contributed by atoms with E-state index < -0.39 is 0 Å². The Bertz CT molecular complexity index is 1030. The number of hydrogen-bond donors (Lipinski definition) is 1. The highest BCUT2D eigenvalue weighted by Crippen LogP contribution is 2.32. The third-order valence-corrected chi connectivity index (χ3v) is 6.56. The molecule has 30 heavy (non-hydrogen) atoms. The number of carbonyl (C=O) groups excluding carboxylic acids is 1. The van der Waals surface area contributed by atoms with Crippen molar-refractivity contribution in [3.05, 3.63) is 48.5 Å². The van der Waals surface area contributed by atoms with E-state index in [2.05, 4.69) is 35.6 Å². The molecule has 0 spiro atoms. The summed E-state index contributed by atoms with van der Waals surface area (Å²) in [6, 6.07) is 16.5. The molecule has 1 atom stereocenters. The zero-order valence-electron chi connectivity index (χ0n) is 17.0. The van der Waals surface area contributed by atoms with Crippen molar-refractivity contribution in [2.24, 2.45) is 5.92 Å². The second kappa shape index (κ2) is 8.88. The highest BCUT2D eigenvalue weighted by molar-refractivity contribution is 7.98. The first-order valence-electron chi connectivity index (χ1n) is 10.1. The first-order chi connectivity index (χ1) is 14.2. The SMILES string of the molecule is CSc1nn(-c2ccccc2)c2cc(N3CCN(CC4CCNC4)C3=O)ccc12.Cl. The maximum atomic E-state index is 13.1. The van der Waals surface area contributed by atoms with E-state index in [0.29, 0.717) is 5.92 Å². The number of carbonyl (C=O) groups is 1. The van der Waals surface area contributed by atoms with Crippen LogP contribution < -0.4 is 10.2 Å². The number of benzene rings is 2. The number of hydrogen-bond acceptors (Lipinski definition) is 4. The highest BCUT2D eigenvalue weighted by Gasteiger charge is 2.32. The molecule has 2 aromatic carbocycles. The van der Waals surface area contributed by atoms with Gasteiger partial charge in [0.05, 0.1) is 11.2 Å². The van der Waals surface area contributed by atoms with E-state index in [1.165, 1.54) is 0 Å². The lowest BCUT2D eigenvalue weighted by molar-refractivity contribution is 0.213.